The van der Waals surface area contributed by atoms with Gasteiger partial charge in [-0.1, -0.05) is 0 Å². The van der Waals surface area contributed by atoms with Gasteiger partial charge < -0.3 is 10.6 Å². The summed E-state index contributed by atoms with van der Waals surface area (Å²) in [7, 11) is 0. The standard InChI is InChI=1S/C14H17N5O.ClH/c15-11-3-1-9-6-19(7-10(9)11)14(20)8-2-4-12-13(5-8)17-18-16-12;/h2,4-5,9-11H,1,3,6-7,15H2,(H,16,17,18);1H. The minimum Gasteiger partial charge on any atom is -0.338 e. The molecule has 1 aromatic heterocycles. The summed E-state index contributed by atoms with van der Waals surface area (Å²) in [6, 6.07) is 5.71. The highest BCUT2D eigenvalue weighted by Gasteiger charge is 2.42. The van der Waals surface area contributed by atoms with E-state index in [2.05, 4.69) is 15.4 Å². The van der Waals surface area contributed by atoms with E-state index in [9.17, 15) is 4.79 Å². The second kappa shape index (κ2) is 5.27. The Labute approximate surface area is 128 Å². The molecule has 112 valence electrons. The molecule has 1 amide bonds. The quantitative estimate of drug-likeness (QED) is 0.828. The molecule has 3 atom stereocenters. The number of hydrogen-bond donors (Lipinski definition) is 2. The zero-order valence-corrected chi connectivity index (χ0v) is 12.3. The van der Waals surface area contributed by atoms with E-state index in [0.29, 0.717) is 17.4 Å². The Balaban J connectivity index is 0.00000132. The van der Waals surface area contributed by atoms with Crippen LogP contribution in [0.3, 0.4) is 0 Å². The average Bonchev–Trinajstić information content (AvgIpc) is 3.14. The first kappa shape index (κ1) is 14.3. The molecule has 2 aromatic rings. The largest absolute Gasteiger partial charge is 0.338 e. The van der Waals surface area contributed by atoms with Crippen molar-refractivity contribution in [1.29, 1.82) is 0 Å². The number of H-pyrrole nitrogens is 1. The van der Waals surface area contributed by atoms with Crippen LogP contribution in [0.4, 0.5) is 0 Å². The molecule has 6 nitrogen and oxygen atoms in total. The first-order valence-corrected chi connectivity index (χ1v) is 7.08. The molecule has 21 heavy (non-hydrogen) atoms. The highest BCUT2D eigenvalue weighted by Crippen LogP contribution is 2.37. The van der Waals surface area contributed by atoms with Gasteiger partial charge in [0.15, 0.2) is 0 Å². The van der Waals surface area contributed by atoms with Gasteiger partial charge in [-0.25, -0.2) is 0 Å². The number of hydrogen-bond acceptors (Lipinski definition) is 4. The van der Waals surface area contributed by atoms with Gasteiger partial charge in [0.1, 0.15) is 11.0 Å². The summed E-state index contributed by atoms with van der Waals surface area (Å²) in [4.78, 5) is 14.5. The van der Waals surface area contributed by atoms with Crippen LogP contribution in [0.5, 0.6) is 0 Å². The molecule has 1 aliphatic carbocycles. The van der Waals surface area contributed by atoms with E-state index >= 15 is 0 Å². The van der Waals surface area contributed by atoms with Crippen molar-refractivity contribution in [2.75, 3.05) is 13.1 Å². The molecule has 1 saturated carbocycles. The Morgan fingerprint density at radius 3 is 2.86 bits per heavy atom. The molecule has 0 bridgehead atoms. The molecule has 0 radical (unpaired) electrons. The van der Waals surface area contributed by atoms with Crippen molar-refractivity contribution in [1.82, 2.24) is 20.3 Å². The minimum absolute atomic E-state index is 0. The van der Waals surface area contributed by atoms with E-state index in [1.165, 1.54) is 0 Å². The van der Waals surface area contributed by atoms with Crippen LogP contribution in [0.25, 0.3) is 11.0 Å². The van der Waals surface area contributed by atoms with Gasteiger partial charge in [-0.15, -0.1) is 12.4 Å². The Morgan fingerprint density at radius 2 is 2.05 bits per heavy atom. The number of aromatic amines is 1. The van der Waals surface area contributed by atoms with Gasteiger partial charge in [0.25, 0.3) is 5.91 Å². The smallest absolute Gasteiger partial charge is 0.253 e. The molecule has 4 rings (SSSR count). The van der Waals surface area contributed by atoms with Gasteiger partial charge in [0.05, 0.1) is 0 Å². The van der Waals surface area contributed by atoms with Gasteiger partial charge in [0.2, 0.25) is 0 Å². The fourth-order valence-electron chi connectivity index (χ4n) is 3.63. The zero-order chi connectivity index (χ0) is 13.7. The Hall–Kier alpha value is -1.66. The van der Waals surface area contributed by atoms with E-state index in [1.54, 1.807) is 6.07 Å². The molecular formula is C14H18ClN5O. The number of fused-ring (bicyclic) bond motifs is 2. The Morgan fingerprint density at radius 1 is 1.24 bits per heavy atom. The maximum absolute atomic E-state index is 12.6. The fourth-order valence-corrected chi connectivity index (χ4v) is 3.63. The molecule has 2 aliphatic rings. The lowest BCUT2D eigenvalue weighted by Crippen LogP contribution is -2.33. The van der Waals surface area contributed by atoms with Crippen molar-refractivity contribution >= 4 is 29.3 Å². The number of nitrogens with one attached hydrogen (secondary N) is 1. The van der Waals surface area contributed by atoms with Gasteiger partial charge in [-0.3, -0.25) is 4.79 Å². The van der Waals surface area contributed by atoms with Gasteiger partial charge >= 0.3 is 0 Å². The lowest BCUT2D eigenvalue weighted by atomic mass is 9.98. The highest BCUT2D eigenvalue weighted by molar-refractivity contribution is 5.97. The highest BCUT2D eigenvalue weighted by atomic mass is 35.5. The van der Waals surface area contributed by atoms with Crippen LogP contribution in [-0.4, -0.2) is 45.3 Å². The third-order valence-corrected chi connectivity index (χ3v) is 4.76. The molecular weight excluding hydrogens is 290 g/mol. The Kier molecular flexibility index (Phi) is 3.59. The topological polar surface area (TPSA) is 87.9 Å². The van der Waals surface area contributed by atoms with Crippen molar-refractivity contribution in [2.24, 2.45) is 17.6 Å². The molecule has 1 aromatic carbocycles. The summed E-state index contributed by atoms with van der Waals surface area (Å²) in [6.07, 6.45) is 2.25. The van der Waals surface area contributed by atoms with Gasteiger partial charge in [-0.2, -0.15) is 15.4 Å². The number of nitrogens with zero attached hydrogens (tertiary/aromatic N) is 3. The monoisotopic (exact) mass is 307 g/mol. The molecule has 1 saturated heterocycles. The number of rotatable bonds is 1. The van der Waals surface area contributed by atoms with E-state index in [0.717, 1.165) is 37.0 Å². The number of amides is 1. The van der Waals surface area contributed by atoms with E-state index in [1.807, 2.05) is 17.0 Å². The first-order valence-electron chi connectivity index (χ1n) is 7.08. The average molecular weight is 308 g/mol. The number of halogens is 1. The molecule has 0 spiro atoms. The van der Waals surface area contributed by atoms with E-state index in [4.69, 9.17) is 5.73 Å². The van der Waals surface area contributed by atoms with Crippen molar-refractivity contribution in [3.8, 4) is 0 Å². The molecule has 7 heteroatoms. The maximum atomic E-state index is 12.6. The zero-order valence-electron chi connectivity index (χ0n) is 11.5. The summed E-state index contributed by atoms with van der Waals surface area (Å²) in [5.74, 6) is 1.15. The van der Waals surface area contributed by atoms with Crippen molar-refractivity contribution in [2.45, 2.75) is 18.9 Å². The van der Waals surface area contributed by atoms with Crippen LogP contribution < -0.4 is 5.73 Å². The number of likely N-dealkylation sites (tertiary alicyclic amines) is 1. The summed E-state index contributed by atoms with van der Waals surface area (Å²) < 4.78 is 0. The SMILES string of the molecule is Cl.NC1CCC2CN(C(=O)c3ccc4n[nH]nc4c3)CC12. The Bertz CT molecular complexity index is 672. The molecule has 1 aliphatic heterocycles. The van der Waals surface area contributed by atoms with Crippen molar-refractivity contribution in [3.63, 3.8) is 0 Å². The second-order valence-electron chi connectivity index (χ2n) is 5.90. The van der Waals surface area contributed by atoms with E-state index < -0.39 is 0 Å². The van der Waals surface area contributed by atoms with Crippen LogP contribution in [0, 0.1) is 11.8 Å². The molecule has 2 heterocycles. The lowest BCUT2D eigenvalue weighted by Gasteiger charge is -2.18. The third kappa shape index (κ3) is 2.28. The van der Waals surface area contributed by atoms with Crippen molar-refractivity contribution < 1.29 is 4.79 Å². The summed E-state index contributed by atoms with van der Waals surface area (Å²) in [5, 5.41) is 10.6. The first-order chi connectivity index (χ1) is 9.72. The predicted octanol–water partition coefficient (Wildman–Crippen LogP) is 1.19. The number of carbonyl (C=O) groups excluding carboxylic acids is 1. The molecule has 3 unspecified atom stereocenters. The second-order valence-corrected chi connectivity index (χ2v) is 5.90. The number of benzene rings is 1. The predicted molar refractivity (Wildman–Crippen MR) is 81.2 cm³/mol. The number of aromatic nitrogens is 3. The minimum atomic E-state index is 0. The summed E-state index contributed by atoms with van der Waals surface area (Å²) >= 11 is 0. The van der Waals surface area contributed by atoms with Crippen LogP contribution in [0.2, 0.25) is 0 Å². The fraction of sp³-hybridized carbons (Fsp3) is 0.500. The summed E-state index contributed by atoms with van der Waals surface area (Å²) in [6.45, 7) is 1.63. The van der Waals surface area contributed by atoms with Crippen LogP contribution >= 0.6 is 12.4 Å². The molecule has 3 N–H and O–H groups in total. The summed E-state index contributed by atoms with van der Waals surface area (Å²) in [5.41, 5.74) is 8.31. The van der Waals surface area contributed by atoms with Crippen molar-refractivity contribution in [3.05, 3.63) is 23.8 Å². The molecule has 2 fully saturated rings. The van der Waals surface area contributed by atoms with E-state index in [-0.39, 0.29) is 24.4 Å². The third-order valence-electron chi connectivity index (χ3n) is 4.76. The van der Waals surface area contributed by atoms with Gasteiger partial charge in [0, 0.05) is 24.7 Å². The maximum Gasteiger partial charge on any atom is 0.253 e. The van der Waals surface area contributed by atoms with Gasteiger partial charge in [-0.05, 0) is 42.9 Å². The van der Waals surface area contributed by atoms with Crippen LogP contribution in [0.1, 0.15) is 23.2 Å². The normalized spacial score (nSPS) is 27.7. The lowest BCUT2D eigenvalue weighted by molar-refractivity contribution is 0.0779. The van der Waals surface area contributed by atoms with Crippen LogP contribution in [0.15, 0.2) is 18.2 Å². The number of carbonyl (C=O) groups is 1. The number of nitrogens with two attached hydrogens (primary N) is 1. The van der Waals surface area contributed by atoms with Crippen LogP contribution in [-0.2, 0) is 0 Å².